The number of fused-ring (bicyclic) bond motifs is 2. The maximum Gasteiger partial charge on any atom is 0.261 e. The highest BCUT2D eigenvalue weighted by Gasteiger charge is 2.34. The van der Waals surface area contributed by atoms with Gasteiger partial charge in [0.05, 0.1) is 20.9 Å². The number of nitrogens with zero attached hydrogens (tertiary/aromatic N) is 2. The predicted octanol–water partition coefficient (Wildman–Crippen LogP) is 4.16. The first kappa shape index (κ1) is 20.2. The minimum Gasteiger partial charge on any atom is -0.346 e. The quantitative estimate of drug-likeness (QED) is 0.419. The average molecular weight is 445 g/mol. The van der Waals surface area contributed by atoms with Gasteiger partial charge in [-0.15, -0.1) is 0 Å². The average Bonchev–Trinajstić information content (AvgIpc) is 3.31. The van der Waals surface area contributed by atoms with Crippen LogP contribution in [0.5, 0.6) is 0 Å². The summed E-state index contributed by atoms with van der Waals surface area (Å²) in [6, 6.07) is 22.5. The van der Waals surface area contributed by atoms with E-state index in [1.807, 2.05) is 22.8 Å². The van der Waals surface area contributed by atoms with Gasteiger partial charge in [-0.2, -0.15) is 0 Å². The number of hydrogen-bond donors (Lipinski definition) is 0. The number of sulfone groups is 1. The molecule has 0 N–H and O–H groups in total. The highest BCUT2D eigenvalue weighted by Crippen LogP contribution is 2.30. The molecule has 2 amide bonds. The van der Waals surface area contributed by atoms with Crippen LogP contribution in [-0.4, -0.2) is 36.2 Å². The molecule has 0 unspecified atom stereocenters. The lowest BCUT2D eigenvalue weighted by Crippen LogP contribution is -2.31. The Morgan fingerprint density at radius 2 is 1.28 bits per heavy atom. The minimum absolute atomic E-state index is 0.244. The standard InChI is InChI=1S/C25H20N2O4S/c28-24-19-11-4-5-12-20(19)25(29)27(24)16-8-15-26-17-23(21-13-6-7-14-22(21)26)32(30,31)18-9-2-1-3-10-18/h1-7,9-14,17H,8,15-16H2. The molecule has 0 saturated carbocycles. The van der Waals surface area contributed by atoms with E-state index >= 15 is 0 Å². The predicted molar refractivity (Wildman–Crippen MR) is 120 cm³/mol. The van der Waals surface area contributed by atoms with Crippen molar-refractivity contribution in [1.82, 2.24) is 9.47 Å². The van der Waals surface area contributed by atoms with Crippen molar-refractivity contribution in [2.24, 2.45) is 0 Å². The van der Waals surface area contributed by atoms with Gasteiger partial charge < -0.3 is 4.57 Å². The second kappa shape index (κ2) is 7.76. The second-order valence-electron chi connectivity index (χ2n) is 7.68. The van der Waals surface area contributed by atoms with Gasteiger partial charge in [0.15, 0.2) is 0 Å². The summed E-state index contributed by atoms with van der Waals surface area (Å²) in [5.41, 5.74) is 1.66. The summed E-state index contributed by atoms with van der Waals surface area (Å²) in [5, 5.41) is 0.650. The van der Waals surface area contributed by atoms with Gasteiger partial charge in [0.1, 0.15) is 0 Å². The lowest BCUT2D eigenvalue weighted by Gasteiger charge is -2.14. The van der Waals surface area contributed by atoms with Crippen LogP contribution in [0.15, 0.2) is 94.9 Å². The highest BCUT2D eigenvalue weighted by molar-refractivity contribution is 7.91. The zero-order valence-electron chi connectivity index (χ0n) is 17.1. The molecule has 0 spiro atoms. The molecule has 1 aliphatic rings. The Labute approximate surface area is 185 Å². The van der Waals surface area contributed by atoms with Gasteiger partial charge in [-0.05, 0) is 36.8 Å². The van der Waals surface area contributed by atoms with Crippen molar-refractivity contribution in [1.29, 1.82) is 0 Å². The molecule has 2 heterocycles. The number of para-hydroxylation sites is 1. The SMILES string of the molecule is O=C1c2ccccc2C(=O)N1CCCn1cc(S(=O)(=O)c2ccccc2)c2ccccc21. The molecule has 7 heteroatoms. The molecule has 3 aromatic carbocycles. The third kappa shape index (κ3) is 3.22. The van der Waals surface area contributed by atoms with Crippen molar-refractivity contribution in [3.05, 3.63) is 96.2 Å². The molecule has 0 atom stereocenters. The number of imide groups is 1. The number of carbonyl (C=O) groups excluding carboxylic acids is 2. The maximum absolute atomic E-state index is 13.2. The van der Waals surface area contributed by atoms with Crippen molar-refractivity contribution in [2.75, 3.05) is 6.54 Å². The van der Waals surface area contributed by atoms with E-state index < -0.39 is 9.84 Å². The number of carbonyl (C=O) groups is 2. The van der Waals surface area contributed by atoms with Gasteiger partial charge in [-0.3, -0.25) is 14.5 Å². The molecule has 1 aromatic heterocycles. The van der Waals surface area contributed by atoms with E-state index in [1.54, 1.807) is 66.9 Å². The van der Waals surface area contributed by atoms with Crippen LogP contribution in [0.4, 0.5) is 0 Å². The van der Waals surface area contributed by atoms with Crippen LogP contribution in [0.25, 0.3) is 10.9 Å². The van der Waals surface area contributed by atoms with Crippen LogP contribution in [-0.2, 0) is 16.4 Å². The van der Waals surface area contributed by atoms with E-state index in [0.717, 1.165) is 5.52 Å². The van der Waals surface area contributed by atoms with E-state index in [0.29, 0.717) is 29.5 Å². The zero-order chi connectivity index (χ0) is 22.3. The number of aromatic nitrogens is 1. The van der Waals surface area contributed by atoms with Crippen LogP contribution in [0.3, 0.4) is 0 Å². The van der Waals surface area contributed by atoms with E-state index in [4.69, 9.17) is 0 Å². The Kier molecular flexibility index (Phi) is 4.90. The molecular weight excluding hydrogens is 424 g/mol. The van der Waals surface area contributed by atoms with Crippen LogP contribution in [0.1, 0.15) is 27.1 Å². The summed E-state index contributed by atoms with van der Waals surface area (Å²) >= 11 is 0. The number of aryl methyl sites for hydroxylation is 1. The molecule has 0 radical (unpaired) electrons. The molecule has 6 nitrogen and oxygen atoms in total. The first-order valence-corrected chi connectivity index (χ1v) is 11.8. The summed E-state index contributed by atoms with van der Waals surface area (Å²) in [6.45, 7) is 0.734. The van der Waals surface area contributed by atoms with Crippen LogP contribution in [0.2, 0.25) is 0 Å². The van der Waals surface area contributed by atoms with Gasteiger partial charge in [-0.1, -0.05) is 48.5 Å². The Hall–Kier alpha value is -3.71. The van der Waals surface area contributed by atoms with Crippen molar-refractivity contribution >= 4 is 32.6 Å². The number of amides is 2. The first-order chi connectivity index (χ1) is 15.5. The zero-order valence-corrected chi connectivity index (χ0v) is 18.0. The minimum atomic E-state index is -3.68. The van der Waals surface area contributed by atoms with Gasteiger partial charge in [0.25, 0.3) is 11.8 Å². The van der Waals surface area contributed by atoms with Crippen LogP contribution < -0.4 is 0 Å². The van der Waals surface area contributed by atoms with Crippen LogP contribution >= 0.6 is 0 Å². The normalized spacial score (nSPS) is 13.7. The second-order valence-corrected chi connectivity index (χ2v) is 9.60. The lowest BCUT2D eigenvalue weighted by molar-refractivity contribution is 0.0651. The highest BCUT2D eigenvalue weighted by atomic mass is 32.2. The Balaban J connectivity index is 1.41. The fourth-order valence-electron chi connectivity index (χ4n) is 4.18. The van der Waals surface area contributed by atoms with Crippen molar-refractivity contribution in [2.45, 2.75) is 22.8 Å². The molecule has 0 aliphatic carbocycles. The Morgan fingerprint density at radius 3 is 1.97 bits per heavy atom. The fourth-order valence-corrected chi connectivity index (χ4v) is 5.68. The number of benzene rings is 3. The van der Waals surface area contributed by atoms with Crippen molar-refractivity contribution in [3.8, 4) is 0 Å². The molecule has 5 rings (SSSR count). The van der Waals surface area contributed by atoms with Gasteiger partial charge in [-0.25, -0.2) is 8.42 Å². The topological polar surface area (TPSA) is 76.5 Å². The summed E-state index contributed by atoms with van der Waals surface area (Å²) < 4.78 is 28.4. The molecule has 32 heavy (non-hydrogen) atoms. The Morgan fingerprint density at radius 1 is 0.688 bits per heavy atom. The fraction of sp³-hybridized carbons (Fsp3) is 0.120. The molecule has 0 saturated heterocycles. The van der Waals surface area contributed by atoms with E-state index in [2.05, 4.69) is 0 Å². The molecule has 4 aromatic rings. The van der Waals surface area contributed by atoms with Gasteiger partial charge in [0, 0.05) is 30.2 Å². The molecule has 1 aliphatic heterocycles. The number of hydrogen-bond acceptors (Lipinski definition) is 4. The molecule has 0 bridgehead atoms. The van der Waals surface area contributed by atoms with Gasteiger partial charge in [0.2, 0.25) is 9.84 Å². The summed E-state index contributed by atoms with van der Waals surface area (Å²) in [4.78, 5) is 26.9. The third-order valence-electron chi connectivity index (χ3n) is 5.75. The van der Waals surface area contributed by atoms with Crippen molar-refractivity contribution in [3.63, 3.8) is 0 Å². The molecule has 160 valence electrons. The van der Waals surface area contributed by atoms with E-state index in [1.165, 1.54) is 4.90 Å². The monoisotopic (exact) mass is 444 g/mol. The maximum atomic E-state index is 13.2. The molecular formula is C25H20N2O4S. The lowest BCUT2D eigenvalue weighted by atomic mass is 10.1. The van der Waals surface area contributed by atoms with E-state index in [-0.39, 0.29) is 28.2 Å². The summed E-state index contributed by atoms with van der Waals surface area (Å²) in [6.07, 6.45) is 2.16. The van der Waals surface area contributed by atoms with E-state index in [9.17, 15) is 18.0 Å². The number of rotatable bonds is 6. The molecule has 0 fully saturated rings. The summed E-state index contributed by atoms with van der Waals surface area (Å²) in [7, 11) is -3.68. The summed E-state index contributed by atoms with van der Waals surface area (Å²) in [5.74, 6) is -0.564. The third-order valence-corrected chi connectivity index (χ3v) is 7.55. The largest absolute Gasteiger partial charge is 0.346 e. The van der Waals surface area contributed by atoms with Crippen molar-refractivity contribution < 1.29 is 18.0 Å². The smallest absolute Gasteiger partial charge is 0.261 e. The Bertz CT molecular complexity index is 1420. The van der Waals surface area contributed by atoms with Gasteiger partial charge >= 0.3 is 0 Å². The first-order valence-electron chi connectivity index (χ1n) is 10.3. The van der Waals surface area contributed by atoms with Crippen LogP contribution in [0, 0.1) is 0 Å².